The van der Waals surface area contributed by atoms with Gasteiger partial charge < -0.3 is 11.1 Å². The topological polar surface area (TPSA) is 55.1 Å². The number of benzene rings is 2. The minimum atomic E-state index is -0.391. The molecular formula is C17H20N2O. The molecule has 2 rings (SSSR count). The van der Waals surface area contributed by atoms with Crippen molar-refractivity contribution >= 4 is 5.91 Å². The summed E-state index contributed by atoms with van der Waals surface area (Å²) in [5.74, 6) is -0.391. The van der Waals surface area contributed by atoms with Crippen LogP contribution in [0.4, 0.5) is 0 Å². The van der Waals surface area contributed by atoms with Gasteiger partial charge in [0.15, 0.2) is 0 Å². The van der Waals surface area contributed by atoms with Crippen molar-refractivity contribution in [1.82, 2.24) is 5.32 Å². The molecule has 0 saturated carbocycles. The van der Waals surface area contributed by atoms with E-state index in [-0.39, 0.29) is 6.04 Å². The van der Waals surface area contributed by atoms with Gasteiger partial charge in [0, 0.05) is 18.2 Å². The van der Waals surface area contributed by atoms with Crippen LogP contribution in [0.5, 0.6) is 0 Å². The Morgan fingerprint density at radius 1 is 1.10 bits per heavy atom. The third kappa shape index (κ3) is 3.68. The molecule has 1 atom stereocenters. The second kappa shape index (κ2) is 6.35. The molecule has 2 aromatic carbocycles. The maximum atomic E-state index is 11.0. The van der Waals surface area contributed by atoms with Gasteiger partial charge in [-0.3, -0.25) is 4.79 Å². The van der Waals surface area contributed by atoms with E-state index in [4.69, 9.17) is 5.73 Å². The largest absolute Gasteiger partial charge is 0.366 e. The summed E-state index contributed by atoms with van der Waals surface area (Å²) in [6, 6.07) is 16.2. The van der Waals surface area contributed by atoms with E-state index >= 15 is 0 Å². The van der Waals surface area contributed by atoms with Crippen molar-refractivity contribution in [3.8, 4) is 0 Å². The number of hydrogen-bond acceptors (Lipinski definition) is 2. The van der Waals surface area contributed by atoms with Crippen molar-refractivity contribution < 1.29 is 4.79 Å². The third-order valence-electron chi connectivity index (χ3n) is 3.43. The number of amides is 1. The van der Waals surface area contributed by atoms with Crippen molar-refractivity contribution in [1.29, 1.82) is 0 Å². The third-order valence-corrected chi connectivity index (χ3v) is 3.43. The second-order valence-electron chi connectivity index (χ2n) is 5.07. The summed E-state index contributed by atoms with van der Waals surface area (Å²) in [7, 11) is 0. The molecule has 0 saturated heterocycles. The minimum Gasteiger partial charge on any atom is -0.366 e. The molecule has 3 N–H and O–H groups in total. The van der Waals surface area contributed by atoms with Gasteiger partial charge in [-0.2, -0.15) is 0 Å². The Labute approximate surface area is 119 Å². The monoisotopic (exact) mass is 268 g/mol. The van der Waals surface area contributed by atoms with E-state index in [0.29, 0.717) is 5.56 Å². The average Bonchev–Trinajstić information content (AvgIpc) is 2.46. The summed E-state index contributed by atoms with van der Waals surface area (Å²) in [5.41, 5.74) is 9.43. The zero-order valence-corrected chi connectivity index (χ0v) is 11.9. The molecule has 3 nitrogen and oxygen atoms in total. The van der Waals surface area contributed by atoms with Gasteiger partial charge in [0.2, 0.25) is 5.91 Å². The highest BCUT2D eigenvalue weighted by Crippen LogP contribution is 2.14. The zero-order chi connectivity index (χ0) is 14.5. The molecule has 0 spiro atoms. The Hall–Kier alpha value is -2.13. The van der Waals surface area contributed by atoms with Crippen molar-refractivity contribution in [2.75, 3.05) is 0 Å². The number of carbonyl (C=O) groups is 1. The van der Waals surface area contributed by atoms with Gasteiger partial charge in [0.25, 0.3) is 0 Å². The number of aryl methyl sites for hydroxylation is 1. The van der Waals surface area contributed by atoms with Crippen LogP contribution in [-0.4, -0.2) is 5.91 Å². The quantitative estimate of drug-likeness (QED) is 0.876. The molecular weight excluding hydrogens is 248 g/mol. The lowest BCUT2D eigenvalue weighted by molar-refractivity contribution is 0.100. The summed E-state index contributed by atoms with van der Waals surface area (Å²) >= 11 is 0. The van der Waals surface area contributed by atoms with E-state index in [1.54, 1.807) is 12.1 Å². The van der Waals surface area contributed by atoms with E-state index in [1.165, 1.54) is 11.1 Å². The van der Waals surface area contributed by atoms with Gasteiger partial charge in [0.05, 0.1) is 0 Å². The average molecular weight is 268 g/mol. The maximum absolute atomic E-state index is 11.0. The first kappa shape index (κ1) is 14.3. The zero-order valence-electron chi connectivity index (χ0n) is 11.9. The van der Waals surface area contributed by atoms with Gasteiger partial charge in [-0.1, -0.05) is 42.0 Å². The highest BCUT2D eigenvalue weighted by atomic mass is 16.1. The SMILES string of the molecule is Cc1ccc([C@H](C)NCc2ccc(C(N)=O)cc2)cc1. The lowest BCUT2D eigenvalue weighted by Crippen LogP contribution is -2.18. The van der Waals surface area contributed by atoms with E-state index < -0.39 is 5.91 Å². The highest BCUT2D eigenvalue weighted by Gasteiger charge is 2.05. The van der Waals surface area contributed by atoms with Crippen molar-refractivity contribution in [2.24, 2.45) is 5.73 Å². The van der Waals surface area contributed by atoms with Crippen LogP contribution < -0.4 is 11.1 Å². The van der Waals surface area contributed by atoms with Crippen molar-refractivity contribution in [2.45, 2.75) is 26.4 Å². The van der Waals surface area contributed by atoms with Crippen LogP contribution in [0.3, 0.4) is 0 Å². The van der Waals surface area contributed by atoms with E-state index in [2.05, 4.69) is 43.4 Å². The summed E-state index contributed by atoms with van der Waals surface area (Å²) in [6.07, 6.45) is 0. The van der Waals surface area contributed by atoms with Gasteiger partial charge in [0.1, 0.15) is 0 Å². The first-order valence-corrected chi connectivity index (χ1v) is 6.75. The summed E-state index contributed by atoms with van der Waals surface area (Å²) in [6.45, 7) is 4.98. The Balaban J connectivity index is 1.94. The molecule has 3 heteroatoms. The van der Waals surface area contributed by atoms with Crippen LogP contribution in [0.15, 0.2) is 48.5 Å². The fraction of sp³-hybridized carbons (Fsp3) is 0.235. The number of rotatable bonds is 5. The molecule has 2 aromatic rings. The molecule has 0 aliphatic heterocycles. The maximum Gasteiger partial charge on any atom is 0.248 e. The molecule has 0 fully saturated rings. The van der Waals surface area contributed by atoms with Gasteiger partial charge in [-0.15, -0.1) is 0 Å². The molecule has 20 heavy (non-hydrogen) atoms. The van der Waals surface area contributed by atoms with E-state index in [0.717, 1.165) is 12.1 Å². The van der Waals surface area contributed by atoms with Gasteiger partial charge in [-0.05, 0) is 37.1 Å². The molecule has 0 unspecified atom stereocenters. The normalized spacial score (nSPS) is 12.1. The predicted octanol–water partition coefficient (Wildman–Crippen LogP) is 2.94. The number of nitrogens with two attached hydrogens (primary N) is 1. The summed E-state index contributed by atoms with van der Waals surface area (Å²) in [4.78, 5) is 11.0. The number of hydrogen-bond donors (Lipinski definition) is 2. The minimum absolute atomic E-state index is 0.284. The molecule has 0 radical (unpaired) electrons. The van der Waals surface area contributed by atoms with Crippen LogP contribution in [-0.2, 0) is 6.54 Å². The molecule has 1 amide bonds. The lowest BCUT2D eigenvalue weighted by atomic mass is 10.1. The van der Waals surface area contributed by atoms with E-state index in [9.17, 15) is 4.79 Å². The van der Waals surface area contributed by atoms with Crippen molar-refractivity contribution in [3.05, 3.63) is 70.8 Å². The Morgan fingerprint density at radius 3 is 2.25 bits per heavy atom. The van der Waals surface area contributed by atoms with Crippen LogP contribution in [0, 0.1) is 6.92 Å². The predicted molar refractivity (Wildman–Crippen MR) is 81.4 cm³/mol. The van der Waals surface area contributed by atoms with Crippen LogP contribution in [0.25, 0.3) is 0 Å². The van der Waals surface area contributed by atoms with Crippen LogP contribution in [0.1, 0.15) is 40.0 Å². The Kier molecular flexibility index (Phi) is 4.53. The highest BCUT2D eigenvalue weighted by molar-refractivity contribution is 5.92. The standard InChI is InChI=1S/C17H20N2O/c1-12-3-7-15(8-4-12)13(2)19-11-14-5-9-16(10-6-14)17(18)20/h3-10,13,19H,11H2,1-2H3,(H2,18,20)/t13-/m0/s1. The molecule has 0 bridgehead atoms. The summed E-state index contributed by atoms with van der Waals surface area (Å²) in [5, 5.41) is 3.47. The smallest absolute Gasteiger partial charge is 0.248 e. The number of nitrogens with one attached hydrogen (secondary N) is 1. The number of carbonyl (C=O) groups excluding carboxylic acids is 1. The molecule has 104 valence electrons. The Morgan fingerprint density at radius 2 is 1.70 bits per heavy atom. The van der Waals surface area contributed by atoms with Gasteiger partial charge >= 0.3 is 0 Å². The van der Waals surface area contributed by atoms with E-state index in [1.807, 2.05) is 12.1 Å². The van der Waals surface area contributed by atoms with Gasteiger partial charge in [-0.25, -0.2) is 0 Å². The van der Waals surface area contributed by atoms with Crippen molar-refractivity contribution in [3.63, 3.8) is 0 Å². The fourth-order valence-electron chi connectivity index (χ4n) is 2.03. The molecule has 0 heterocycles. The number of primary amides is 1. The van der Waals surface area contributed by atoms with Crippen LogP contribution >= 0.6 is 0 Å². The first-order valence-electron chi connectivity index (χ1n) is 6.75. The molecule has 0 aliphatic rings. The Bertz CT molecular complexity index is 573. The second-order valence-corrected chi connectivity index (χ2v) is 5.07. The first-order chi connectivity index (χ1) is 9.56. The fourth-order valence-corrected chi connectivity index (χ4v) is 2.03. The lowest BCUT2D eigenvalue weighted by Gasteiger charge is -2.14. The molecule has 0 aromatic heterocycles. The molecule has 0 aliphatic carbocycles. The summed E-state index contributed by atoms with van der Waals surface area (Å²) < 4.78 is 0. The van der Waals surface area contributed by atoms with Crippen LogP contribution in [0.2, 0.25) is 0 Å².